The second-order valence-corrected chi connectivity index (χ2v) is 25.6. The topological polar surface area (TPSA) is 402 Å². The van der Waals surface area contributed by atoms with Crippen LogP contribution in [0.4, 0.5) is 4.79 Å². The van der Waals surface area contributed by atoms with Crippen LogP contribution in [0.1, 0.15) is 152 Å². The van der Waals surface area contributed by atoms with E-state index in [2.05, 4.69) is 29.8 Å². The van der Waals surface area contributed by atoms with E-state index in [9.17, 15) is 33.3 Å². The Hall–Kier alpha value is -7.76. The number of furan rings is 5. The Balaban J connectivity index is 0.000000643. The molecule has 0 spiro atoms. The summed E-state index contributed by atoms with van der Waals surface area (Å²) in [5, 5.41) is 11.5. The smallest absolute Gasteiger partial charge is 0.508 e. The van der Waals surface area contributed by atoms with Crippen molar-refractivity contribution in [1.29, 1.82) is 0 Å². The molecule has 5 aromatic heterocycles. The molecule has 4 fully saturated rings. The number of hydrogen-bond acceptors (Lipinski definition) is 31. The van der Waals surface area contributed by atoms with E-state index in [1.165, 1.54) is 18.6 Å². The van der Waals surface area contributed by atoms with Gasteiger partial charge >= 0.3 is 46.2 Å². The van der Waals surface area contributed by atoms with Gasteiger partial charge in [-0.25, -0.2) is 24.0 Å². The maximum Gasteiger partial charge on any atom is 0.508 e. The average molecular weight is 1700 g/mol. The third-order valence-electron chi connectivity index (χ3n) is 13.5. The zero-order chi connectivity index (χ0) is 82.4. The van der Waals surface area contributed by atoms with E-state index in [0.717, 1.165) is 35.7 Å². The van der Waals surface area contributed by atoms with E-state index in [-0.39, 0.29) is 54.1 Å². The fraction of sp³-hybridized carbons (Fsp3) is 0.513. The van der Waals surface area contributed by atoms with Crippen LogP contribution < -0.4 is 0 Å². The Labute approximate surface area is 669 Å². The first-order valence-electron chi connectivity index (χ1n) is 36.9. The summed E-state index contributed by atoms with van der Waals surface area (Å²) in [4.78, 5) is 65.5. The third-order valence-corrected chi connectivity index (χ3v) is 17.5. The van der Waals surface area contributed by atoms with E-state index in [0.29, 0.717) is 183 Å². The van der Waals surface area contributed by atoms with Crippen molar-refractivity contribution >= 4 is 103 Å². The minimum absolute atomic E-state index is 0. The zero-order valence-electron chi connectivity index (χ0n) is 66.4. The van der Waals surface area contributed by atoms with Gasteiger partial charge in [-0.15, -0.1) is 0 Å². The SMILES string of the molecule is BrCCC1OCCO1.CC.CCOC(=O)C(=Cc1ccco1)CC1OCCO1.CCOC(=O)C(=Cc1ccco1)CC1OCCO1.CCOC(=O)OCC.CCOC(=O)c1ccc2ccoc2c1.CCOP(=O)(CCC1OCCO1)OCC.CCOP(OCC)OCC.O=C(O)c1ccc2ccoc2c1.O=Cc1ccco1.[OH-]. The number of carbonyl (C=O) groups excluding carboxylic acids is 5. The Morgan fingerprint density at radius 3 is 1.17 bits per heavy atom. The number of halogens is 1. The number of carboxylic acids is 1. The van der Waals surface area contributed by atoms with Crippen LogP contribution in [0.3, 0.4) is 0 Å². The number of carboxylic acid groups (broad SMARTS) is 1. The molecule has 634 valence electrons. The largest absolute Gasteiger partial charge is 0.870 e. The molecular formula is C78H112BrO32P2-. The number of ether oxygens (including phenoxy) is 13. The molecular weight excluding hydrogens is 1590 g/mol. The minimum atomic E-state index is -2.93. The summed E-state index contributed by atoms with van der Waals surface area (Å²) in [6.45, 7) is 31.6. The molecule has 0 aliphatic carbocycles. The Bertz CT molecular complexity index is 3530. The molecule has 0 saturated carbocycles. The monoisotopic (exact) mass is 1700 g/mol. The molecule has 0 radical (unpaired) electrons. The highest BCUT2D eigenvalue weighted by atomic mass is 79.9. The lowest BCUT2D eigenvalue weighted by Crippen LogP contribution is -2.15. The van der Waals surface area contributed by atoms with Crippen molar-refractivity contribution in [1.82, 2.24) is 0 Å². The lowest BCUT2D eigenvalue weighted by atomic mass is 10.1. The molecule has 0 unspecified atom stereocenters. The van der Waals surface area contributed by atoms with Crippen molar-refractivity contribution in [2.45, 2.75) is 134 Å². The Kier molecular flexibility index (Phi) is 59.8. The maximum atomic E-state index is 12.0. The van der Waals surface area contributed by atoms with Gasteiger partial charge in [0.05, 0.1) is 168 Å². The maximum absolute atomic E-state index is 12.0. The summed E-state index contributed by atoms with van der Waals surface area (Å²) in [6, 6.07) is 24.0. The highest BCUT2D eigenvalue weighted by Gasteiger charge is 2.28. The van der Waals surface area contributed by atoms with Gasteiger partial charge in [-0.2, -0.15) is 0 Å². The lowest BCUT2D eigenvalue weighted by molar-refractivity contribution is -0.140. The zero-order valence-corrected chi connectivity index (χ0v) is 69.8. The molecule has 4 aliphatic heterocycles. The molecule has 32 nitrogen and oxygen atoms in total. The van der Waals surface area contributed by atoms with Crippen molar-refractivity contribution < 1.29 is 150 Å². The Morgan fingerprint density at radius 1 is 0.460 bits per heavy atom. The molecule has 4 saturated heterocycles. The van der Waals surface area contributed by atoms with Crippen LogP contribution in [0, 0.1) is 0 Å². The van der Waals surface area contributed by atoms with Crippen molar-refractivity contribution in [3.05, 3.63) is 156 Å². The normalized spacial score (nSPS) is 14.0. The van der Waals surface area contributed by atoms with E-state index in [1.807, 2.05) is 46.8 Å². The van der Waals surface area contributed by atoms with Crippen LogP contribution >= 0.6 is 32.1 Å². The standard InChI is InChI=1S/2C13H16O5.C11H10O3.C9H19O5P.C9H6O3.C6H15O3P.C5H9BrO2.C5H10O3.C5H4O2.C2H6.H2O/c2*1-2-15-13(14)10(8-11-4-3-5-16-11)9-12-17-6-7-18-12;1-2-13-11(12)9-4-3-8-5-6-14-10(8)7-9;1-3-13-15(10,14-4-2)8-5-9-11-6-7-12-9;10-9(11)7-2-1-6-3-4-12-8(6)5-7;1-4-7-10(8-5-2)9-6-3;6-2-1-5-7-3-4-8-5;1-3-7-5(6)8-4-2;6-4-5-2-1-3-7-5;1-2;/h2*3-5,8,12H,2,6-7,9H2,1H3;3-7H,2H2,1H3;9H,3-8H2,1-2H3;1-5H,(H,10,11);4-6H2,1-3H3;5H,1-4H2;3-4H2,1-2H3;1-4H;1-2H3;1H2/p-1. The predicted octanol–water partition coefficient (Wildman–Crippen LogP) is 17.3. The first-order valence-corrected chi connectivity index (χ1v) is 40.8. The molecule has 35 heteroatoms. The van der Waals surface area contributed by atoms with Gasteiger partial charge in [0.1, 0.15) is 22.7 Å². The first kappa shape index (κ1) is 103. The van der Waals surface area contributed by atoms with Gasteiger partial charge in [0.15, 0.2) is 37.2 Å². The fourth-order valence-corrected chi connectivity index (χ4v) is 11.7. The molecule has 7 aromatic rings. The number of rotatable bonds is 31. The van der Waals surface area contributed by atoms with Crippen molar-refractivity contribution in [2.75, 3.05) is 130 Å². The minimum Gasteiger partial charge on any atom is -0.870 e. The number of fused-ring (bicyclic) bond motifs is 2. The van der Waals surface area contributed by atoms with E-state index in [1.54, 1.807) is 146 Å². The van der Waals surface area contributed by atoms with Crippen molar-refractivity contribution in [3.63, 3.8) is 0 Å². The van der Waals surface area contributed by atoms with Crippen LogP contribution in [0.15, 0.2) is 149 Å². The highest BCUT2D eigenvalue weighted by Crippen LogP contribution is 2.49. The number of esters is 3. The summed E-state index contributed by atoms with van der Waals surface area (Å²) in [5.41, 5.74) is 3.05. The van der Waals surface area contributed by atoms with Crippen molar-refractivity contribution in [2.24, 2.45) is 0 Å². The summed E-state index contributed by atoms with van der Waals surface area (Å²) in [7, 11) is -3.99. The number of alkyl halides is 1. The van der Waals surface area contributed by atoms with E-state index >= 15 is 0 Å². The van der Waals surface area contributed by atoms with E-state index < -0.39 is 28.3 Å². The number of aromatic carboxylic acids is 1. The molecule has 2 N–H and O–H groups in total. The van der Waals surface area contributed by atoms with Gasteiger partial charge in [-0.3, -0.25) is 9.36 Å². The van der Waals surface area contributed by atoms with Gasteiger partial charge < -0.3 is 117 Å². The van der Waals surface area contributed by atoms with Gasteiger partial charge in [0, 0.05) is 52.9 Å². The van der Waals surface area contributed by atoms with Crippen LogP contribution in [0.5, 0.6) is 0 Å². The first-order chi connectivity index (χ1) is 54.4. The fourth-order valence-electron chi connectivity index (χ4n) is 8.86. The average Bonchev–Trinajstić information content (AvgIpc) is 1.73. The highest BCUT2D eigenvalue weighted by molar-refractivity contribution is 9.09. The third kappa shape index (κ3) is 45.8. The molecule has 2 aromatic carbocycles. The molecule has 0 amide bonds. The van der Waals surface area contributed by atoms with Crippen LogP contribution in [0.25, 0.3) is 34.1 Å². The summed E-state index contributed by atoms with van der Waals surface area (Å²) in [5.74, 6) is -0.396. The van der Waals surface area contributed by atoms with Crippen LogP contribution in [0.2, 0.25) is 0 Å². The van der Waals surface area contributed by atoms with E-state index in [4.69, 9.17) is 97.5 Å². The van der Waals surface area contributed by atoms with Crippen LogP contribution in [-0.2, 0) is 98.4 Å². The van der Waals surface area contributed by atoms with Gasteiger partial charge in [0.25, 0.3) is 0 Å². The second-order valence-electron chi connectivity index (χ2n) is 21.4. The van der Waals surface area contributed by atoms with Crippen molar-refractivity contribution in [3.8, 4) is 0 Å². The number of hydrogen-bond donors (Lipinski definition) is 1. The molecule has 11 rings (SSSR count). The molecule has 113 heavy (non-hydrogen) atoms. The van der Waals surface area contributed by atoms with Gasteiger partial charge in [-0.05, 0) is 154 Å². The molecule has 9 heterocycles. The van der Waals surface area contributed by atoms with Crippen LogP contribution in [-0.4, -0.2) is 202 Å². The lowest BCUT2D eigenvalue weighted by Gasteiger charge is -2.18. The summed E-state index contributed by atoms with van der Waals surface area (Å²) >= 11 is 3.30. The molecule has 4 aliphatic rings. The van der Waals surface area contributed by atoms with Gasteiger partial charge in [0.2, 0.25) is 0 Å². The summed E-state index contributed by atoms with van der Waals surface area (Å²) in [6.07, 6.45) is 12.7. The molecule has 0 atom stereocenters. The number of aldehydes is 1. The Morgan fingerprint density at radius 2 is 0.832 bits per heavy atom. The summed E-state index contributed by atoms with van der Waals surface area (Å²) < 4.78 is 129. The number of carbonyl (C=O) groups is 6. The molecule has 0 bridgehead atoms. The predicted molar refractivity (Wildman–Crippen MR) is 421 cm³/mol. The quantitative estimate of drug-likeness (QED) is 0.0105. The second kappa shape index (κ2) is 65.5. The van der Waals surface area contributed by atoms with Gasteiger partial charge in [-0.1, -0.05) is 41.9 Å². The number of benzene rings is 2.